The van der Waals surface area contributed by atoms with Gasteiger partial charge >= 0.3 is 15.6 Å². The predicted molar refractivity (Wildman–Crippen MR) is 169 cm³/mol. The van der Waals surface area contributed by atoms with Gasteiger partial charge in [-0.3, -0.25) is 13.6 Å². The minimum atomic E-state index is -4.59. The SMILES string of the molecule is CCCCCCCCCCCCCOP(=O)(OCCCCCCCCCCCCC)OP(=O)(O)OCC(C)(C)C. The largest absolute Gasteiger partial charge is 0.483 e. The van der Waals surface area contributed by atoms with Crippen molar-refractivity contribution in [3.05, 3.63) is 0 Å². The zero-order chi connectivity index (χ0) is 30.0. The molecule has 1 N–H and O–H groups in total. The highest BCUT2D eigenvalue weighted by molar-refractivity contribution is 7.61. The molecule has 7 nitrogen and oxygen atoms in total. The van der Waals surface area contributed by atoms with Crippen LogP contribution in [0.2, 0.25) is 0 Å². The fourth-order valence-corrected chi connectivity index (χ4v) is 7.30. The van der Waals surface area contributed by atoms with Gasteiger partial charge < -0.3 is 4.89 Å². The number of hydrogen-bond donors (Lipinski definition) is 1. The molecule has 9 heteroatoms. The van der Waals surface area contributed by atoms with E-state index in [1.54, 1.807) is 0 Å². The van der Waals surface area contributed by atoms with Crippen molar-refractivity contribution in [2.75, 3.05) is 19.8 Å². The first-order valence-electron chi connectivity index (χ1n) is 16.6. The van der Waals surface area contributed by atoms with E-state index in [0.717, 1.165) is 25.7 Å². The lowest BCUT2D eigenvalue weighted by Crippen LogP contribution is -2.14. The molecule has 0 heterocycles. The van der Waals surface area contributed by atoms with E-state index in [0.29, 0.717) is 12.8 Å². The van der Waals surface area contributed by atoms with Gasteiger partial charge in [-0.05, 0) is 18.3 Å². The summed E-state index contributed by atoms with van der Waals surface area (Å²) in [5.41, 5.74) is -0.349. The molecule has 242 valence electrons. The van der Waals surface area contributed by atoms with Crippen LogP contribution in [0.4, 0.5) is 0 Å². The molecule has 40 heavy (non-hydrogen) atoms. The maximum Gasteiger partial charge on any atom is 0.483 e. The van der Waals surface area contributed by atoms with Crippen LogP contribution in [-0.2, 0) is 27.0 Å². The van der Waals surface area contributed by atoms with Crippen molar-refractivity contribution in [2.24, 2.45) is 5.41 Å². The molecule has 0 radical (unpaired) electrons. The zero-order valence-electron chi connectivity index (χ0n) is 27.0. The van der Waals surface area contributed by atoms with Gasteiger partial charge in [0, 0.05) is 0 Å². The Hall–Kier alpha value is 0.260. The molecular formula is C31H66O7P2. The van der Waals surface area contributed by atoms with Crippen LogP contribution in [0.3, 0.4) is 0 Å². The van der Waals surface area contributed by atoms with Crippen LogP contribution in [0.15, 0.2) is 0 Å². The summed E-state index contributed by atoms with van der Waals surface area (Å²) in [5, 5.41) is 0. The first kappa shape index (κ1) is 40.3. The van der Waals surface area contributed by atoms with Crippen LogP contribution < -0.4 is 0 Å². The van der Waals surface area contributed by atoms with Crippen molar-refractivity contribution in [3.8, 4) is 0 Å². The summed E-state index contributed by atoms with van der Waals surface area (Å²) in [6.07, 6.45) is 26.2. The van der Waals surface area contributed by atoms with E-state index in [2.05, 4.69) is 13.8 Å². The average Bonchev–Trinajstić information content (AvgIpc) is 2.88. The third-order valence-corrected chi connectivity index (χ3v) is 9.94. The Balaban J connectivity index is 4.32. The second-order valence-corrected chi connectivity index (χ2v) is 15.8. The first-order chi connectivity index (χ1) is 19.0. The molecule has 1 atom stereocenters. The Morgan fingerprint density at radius 1 is 0.500 bits per heavy atom. The highest BCUT2D eigenvalue weighted by Gasteiger charge is 2.38. The summed E-state index contributed by atoms with van der Waals surface area (Å²) in [6, 6.07) is 0. The fraction of sp³-hybridized carbons (Fsp3) is 1.00. The molecule has 0 aliphatic carbocycles. The van der Waals surface area contributed by atoms with Crippen LogP contribution in [0.1, 0.15) is 176 Å². The van der Waals surface area contributed by atoms with E-state index in [-0.39, 0.29) is 25.2 Å². The summed E-state index contributed by atoms with van der Waals surface area (Å²) in [5.74, 6) is 0. The van der Waals surface area contributed by atoms with E-state index >= 15 is 0 Å². The summed E-state index contributed by atoms with van der Waals surface area (Å²) in [6.45, 7) is 10.4. The Kier molecular flexibility index (Phi) is 25.9. The highest BCUT2D eigenvalue weighted by Crippen LogP contribution is 2.63. The van der Waals surface area contributed by atoms with Gasteiger partial charge in [-0.15, -0.1) is 0 Å². The Labute approximate surface area is 248 Å². The molecule has 0 spiro atoms. The lowest BCUT2D eigenvalue weighted by atomic mass is 9.99. The second kappa shape index (κ2) is 25.7. The number of phosphoric acid groups is 2. The van der Waals surface area contributed by atoms with Gasteiger partial charge in [0.2, 0.25) is 0 Å². The third-order valence-electron chi connectivity index (χ3n) is 6.86. The maximum absolute atomic E-state index is 13.2. The minimum Gasteiger partial charge on any atom is -0.302 e. The Morgan fingerprint density at radius 3 is 1.10 bits per heavy atom. The van der Waals surface area contributed by atoms with Crippen molar-refractivity contribution >= 4 is 15.6 Å². The number of phosphoric ester groups is 2. The molecule has 0 bridgehead atoms. The summed E-state index contributed by atoms with van der Waals surface area (Å²) in [4.78, 5) is 10.2. The van der Waals surface area contributed by atoms with Gasteiger partial charge in [-0.25, -0.2) is 9.13 Å². The molecule has 0 aromatic carbocycles. The average molecular weight is 613 g/mol. The Morgan fingerprint density at radius 2 is 0.800 bits per heavy atom. The van der Waals surface area contributed by atoms with Crippen LogP contribution in [0, 0.1) is 5.41 Å². The van der Waals surface area contributed by atoms with Gasteiger partial charge in [-0.2, -0.15) is 4.31 Å². The van der Waals surface area contributed by atoms with Gasteiger partial charge in [0.1, 0.15) is 0 Å². The third kappa shape index (κ3) is 28.4. The number of rotatable bonds is 30. The smallest absolute Gasteiger partial charge is 0.302 e. The fourth-order valence-electron chi connectivity index (χ4n) is 4.39. The highest BCUT2D eigenvalue weighted by atomic mass is 31.3. The molecular weight excluding hydrogens is 546 g/mol. The second-order valence-electron chi connectivity index (χ2n) is 12.6. The topological polar surface area (TPSA) is 91.3 Å². The molecule has 0 amide bonds. The normalized spacial score (nSPS) is 14.1. The van der Waals surface area contributed by atoms with Crippen LogP contribution in [0.5, 0.6) is 0 Å². The zero-order valence-corrected chi connectivity index (χ0v) is 28.8. The molecule has 0 aliphatic rings. The van der Waals surface area contributed by atoms with E-state index < -0.39 is 15.6 Å². The molecule has 0 aromatic rings. The number of hydrogen-bond acceptors (Lipinski definition) is 6. The van der Waals surface area contributed by atoms with Crippen LogP contribution >= 0.6 is 15.6 Å². The van der Waals surface area contributed by atoms with Crippen molar-refractivity contribution in [1.29, 1.82) is 0 Å². The van der Waals surface area contributed by atoms with E-state index in [1.807, 2.05) is 20.8 Å². The van der Waals surface area contributed by atoms with Crippen molar-refractivity contribution in [1.82, 2.24) is 0 Å². The van der Waals surface area contributed by atoms with Gasteiger partial charge in [-0.1, -0.05) is 163 Å². The van der Waals surface area contributed by atoms with Gasteiger partial charge in [0.05, 0.1) is 19.8 Å². The first-order valence-corrected chi connectivity index (χ1v) is 19.6. The predicted octanol–water partition coefficient (Wildman–Crippen LogP) is 11.9. The maximum atomic E-state index is 13.2. The standard InChI is InChI=1S/C31H66O7P2/c1-6-8-10-12-14-16-18-20-22-24-26-28-35-40(34,38-39(32,33)37-30-31(3,4)5)36-29-27-25-23-21-19-17-15-13-11-9-7-2/h6-30H2,1-5H3,(H,32,33). The van der Waals surface area contributed by atoms with E-state index in [4.69, 9.17) is 17.9 Å². The summed E-state index contributed by atoms with van der Waals surface area (Å²) >= 11 is 0. The molecule has 0 saturated heterocycles. The molecule has 0 aliphatic heterocycles. The lowest BCUT2D eigenvalue weighted by Gasteiger charge is -2.23. The van der Waals surface area contributed by atoms with Gasteiger partial charge in [0.25, 0.3) is 0 Å². The van der Waals surface area contributed by atoms with Crippen molar-refractivity contribution in [2.45, 2.75) is 176 Å². The molecule has 0 rings (SSSR count). The van der Waals surface area contributed by atoms with Gasteiger partial charge in [0.15, 0.2) is 0 Å². The van der Waals surface area contributed by atoms with Crippen molar-refractivity contribution in [3.63, 3.8) is 0 Å². The minimum absolute atomic E-state index is 0.0159. The van der Waals surface area contributed by atoms with E-state index in [9.17, 15) is 14.0 Å². The van der Waals surface area contributed by atoms with E-state index in [1.165, 1.54) is 103 Å². The monoisotopic (exact) mass is 612 g/mol. The molecule has 1 unspecified atom stereocenters. The van der Waals surface area contributed by atoms with Crippen LogP contribution in [0.25, 0.3) is 0 Å². The summed E-state index contributed by atoms with van der Waals surface area (Å²) in [7, 11) is -8.81. The molecule has 0 fully saturated rings. The van der Waals surface area contributed by atoms with Crippen LogP contribution in [-0.4, -0.2) is 24.7 Å². The lowest BCUT2D eigenvalue weighted by molar-refractivity contribution is 0.107. The number of unbranched alkanes of at least 4 members (excludes halogenated alkanes) is 20. The Bertz CT molecular complexity index is 620. The molecule has 0 saturated carbocycles. The quantitative estimate of drug-likeness (QED) is 0.0637. The summed E-state index contributed by atoms with van der Waals surface area (Å²) < 4.78 is 46.8. The molecule has 0 aromatic heterocycles. The van der Waals surface area contributed by atoms with Crippen molar-refractivity contribution < 1.29 is 31.9 Å².